The number of hydrogen-bond donors (Lipinski definition) is 1. The van der Waals surface area contributed by atoms with Crippen molar-refractivity contribution in [3.05, 3.63) is 42.5 Å². The lowest BCUT2D eigenvalue weighted by Crippen LogP contribution is -2.71. The summed E-state index contributed by atoms with van der Waals surface area (Å²) < 4.78 is 19.3. The molecular weight excluding hydrogens is 287 g/mol. The summed E-state index contributed by atoms with van der Waals surface area (Å²) in [4.78, 5) is 24.7. The van der Waals surface area contributed by atoms with Crippen LogP contribution in [0.3, 0.4) is 0 Å². The number of carbonyl (C=O) groups is 2. The van der Waals surface area contributed by atoms with E-state index < -0.39 is 30.2 Å². The average molecular weight is 306 g/mol. The first-order valence-corrected chi connectivity index (χ1v) is 7.00. The van der Waals surface area contributed by atoms with Gasteiger partial charge in [0.1, 0.15) is 5.75 Å². The summed E-state index contributed by atoms with van der Waals surface area (Å²) in [5.74, 6) is -0.449. The van der Waals surface area contributed by atoms with Gasteiger partial charge in [-0.25, -0.2) is 4.39 Å². The van der Waals surface area contributed by atoms with Gasteiger partial charge in [-0.1, -0.05) is 30.4 Å². The Hall–Kier alpha value is -2.37. The summed E-state index contributed by atoms with van der Waals surface area (Å²) in [5.41, 5.74) is 0.688. The van der Waals surface area contributed by atoms with Gasteiger partial charge in [-0.3, -0.25) is 9.59 Å². The minimum atomic E-state index is -1.54. The summed E-state index contributed by atoms with van der Waals surface area (Å²) in [6.45, 7) is 6.86. The second-order valence-corrected chi connectivity index (χ2v) is 5.29. The Balaban J connectivity index is 1.83. The molecule has 1 heterocycles. The highest BCUT2D eigenvalue weighted by atomic mass is 19.1. The fourth-order valence-electron chi connectivity index (χ4n) is 2.13. The van der Waals surface area contributed by atoms with E-state index in [2.05, 4.69) is 11.9 Å². The van der Waals surface area contributed by atoms with Crippen molar-refractivity contribution in [2.45, 2.75) is 32.2 Å². The maximum Gasteiger partial charge on any atom is 0.258 e. The molecule has 0 spiro atoms. The monoisotopic (exact) mass is 306 g/mol. The molecule has 2 rings (SSSR count). The Kier molecular flexibility index (Phi) is 4.80. The first kappa shape index (κ1) is 16.0. The van der Waals surface area contributed by atoms with Crippen LogP contribution in [0, 0.1) is 0 Å². The topological polar surface area (TPSA) is 58.6 Å². The number of likely N-dealkylation sites (tertiary alicyclic amines) is 1. The third-order valence-corrected chi connectivity index (χ3v) is 3.62. The average Bonchev–Trinajstić information content (AvgIpc) is 2.51. The smallest absolute Gasteiger partial charge is 0.258 e. The van der Waals surface area contributed by atoms with Gasteiger partial charge >= 0.3 is 0 Å². The molecule has 0 radical (unpaired) electrons. The van der Waals surface area contributed by atoms with E-state index in [1.54, 1.807) is 38.1 Å². The minimum Gasteiger partial charge on any atom is -0.484 e. The quantitative estimate of drug-likeness (QED) is 0.494. The predicted octanol–water partition coefficient (Wildman–Crippen LogP) is 1.65. The molecule has 0 aliphatic carbocycles. The summed E-state index contributed by atoms with van der Waals surface area (Å²) in [7, 11) is 0. The van der Waals surface area contributed by atoms with Crippen LogP contribution < -0.4 is 10.1 Å². The summed E-state index contributed by atoms with van der Waals surface area (Å²) >= 11 is 0. The van der Waals surface area contributed by atoms with Crippen LogP contribution in [0.5, 0.6) is 5.75 Å². The van der Waals surface area contributed by atoms with E-state index in [9.17, 15) is 14.0 Å². The van der Waals surface area contributed by atoms with E-state index >= 15 is 0 Å². The molecular formula is C16H19FN2O3. The number of nitrogens with one attached hydrogen (secondary N) is 1. The molecule has 1 aliphatic heterocycles. The van der Waals surface area contributed by atoms with Crippen molar-refractivity contribution in [3.63, 3.8) is 0 Å². The van der Waals surface area contributed by atoms with E-state index in [1.807, 2.05) is 6.07 Å². The van der Waals surface area contributed by atoms with Gasteiger partial charge in [0.2, 0.25) is 6.30 Å². The second-order valence-electron chi connectivity index (χ2n) is 5.29. The molecule has 1 aromatic carbocycles. The number of hydrogen-bond acceptors (Lipinski definition) is 3. The third kappa shape index (κ3) is 3.27. The van der Waals surface area contributed by atoms with E-state index in [-0.39, 0.29) is 6.61 Å². The van der Waals surface area contributed by atoms with Crippen LogP contribution in [0.4, 0.5) is 4.39 Å². The normalized spacial score (nSPS) is 21.8. The molecule has 0 aromatic heterocycles. The number of amides is 2. The van der Waals surface area contributed by atoms with E-state index in [1.165, 1.54) is 0 Å². The first-order valence-electron chi connectivity index (χ1n) is 7.00. The molecule has 0 saturated carbocycles. The highest BCUT2D eigenvalue weighted by Crippen LogP contribution is 2.26. The lowest BCUT2D eigenvalue weighted by atomic mass is 9.99. The van der Waals surface area contributed by atoms with E-state index in [0.29, 0.717) is 11.3 Å². The highest BCUT2D eigenvalue weighted by molar-refractivity contribution is 5.93. The zero-order valence-electron chi connectivity index (χ0n) is 12.6. The lowest BCUT2D eigenvalue weighted by Gasteiger charge is -2.45. The Morgan fingerprint density at radius 3 is 2.64 bits per heavy atom. The van der Waals surface area contributed by atoms with Crippen molar-refractivity contribution in [2.24, 2.45) is 0 Å². The molecule has 0 bridgehead atoms. The van der Waals surface area contributed by atoms with Crippen molar-refractivity contribution in [1.82, 2.24) is 10.2 Å². The maximum atomic E-state index is 14.0. The van der Waals surface area contributed by atoms with Crippen LogP contribution in [0.25, 0.3) is 0 Å². The number of benzene rings is 1. The van der Waals surface area contributed by atoms with Gasteiger partial charge in [0.05, 0.1) is 6.04 Å². The number of rotatable bonds is 6. The number of carbonyl (C=O) groups excluding carboxylic acids is 2. The zero-order valence-corrected chi connectivity index (χ0v) is 12.6. The largest absolute Gasteiger partial charge is 0.484 e. The first-order chi connectivity index (χ1) is 10.4. The van der Waals surface area contributed by atoms with Crippen LogP contribution in [-0.4, -0.2) is 41.7 Å². The highest BCUT2D eigenvalue weighted by Gasteiger charge is 2.50. The molecule has 1 aromatic rings. The van der Waals surface area contributed by atoms with Gasteiger partial charge in [0.25, 0.3) is 11.8 Å². The Labute approximate surface area is 128 Å². The summed E-state index contributed by atoms with van der Waals surface area (Å²) in [6, 6.07) is 7.25. The fourth-order valence-corrected chi connectivity index (χ4v) is 2.13. The van der Waals surface area contributed by atoms with Crippen LogP contribution in [0.15, 0.2) is 42.5 Å². The van der Waals surface area contributed by atoms with Gasteiger partial charge in [-0.2, -0.15) is 0 Å². The second kappa shape index (κ2) is 6.60. The number of halogens is 1. The molecule has 1 fully saturated rings. The molecule has 22 heavy (non-hydrogen) atoms. The molecule has 118 valence electrons. The molecule has 1 N–H and O–H groups in total. The fraction of sp³-hybridized carbons (Fsp3) is 0.375. The zero-order chi connectivity index (χ0) is 16.3. The van der Waals surface area contributed by atoms with Crippen LogP contribution >= 0.6 is 0 Å². The van der Waals surface area contributed by atoms with E-state index in [0.717, 1.165) is 4.90 Å². The Morgan fingerprint density at radius 2 is 2.09 bits per heavy atom. The SMILES string of the molecule is C=C(C)C(C)N1C(=O)C(NC(=O)COc2ccccc2)C1F. The summed E-state index contributed by atoms with van der Waals surface area (Å²) in [5, 5.41) is 2.35. The van der Waals surface area contributed by atoms with Crippen LogP contribution in [-0.2, 0) is 9.59 Å². The molecule has 1 saturated heterocycles. The molecule has 3 unspecified atom stereocenters. The predicted molar refractivity (Wildman–Crippen MR) is 79.9 cm³/mol. The molecule has 5 nitrogen and oxygen atoms in total. The lowest BCUT2D eigenvalue weighted by molar-refractivity contribution is -0.167. The van der Waals surface area contributed by atoms with Crippen molar-refractivity contribution in [1.29, 1.82) is 0 Å². The molecule has 3 atom stereocenters. The van der Waals surface area contributed by atoms with Gasteiger partial charge in [0.15, 0.2) is 12.6 Å². The number of alkyl halides is 1. The van der Waals surface area contributed by atoms with Crippen molar-refractivity contribution >= 4 is 11.8 Å². The standard InChI is InChI=1S/C16H19FN2O3/c1-10(2)11(3)19-15(17)14(16(19)21)18-13(20)9-22-12-7-5-4-6-8-12/h4-8,11,14-15H,1,9H2,2-3H3,(H,18,20). The Bertz CT molecular complexity index is 576. The van der Waals surface area contributed by atoms with Gasteiger partial charge in [0, 0.05) is 0 Å². The maximum absolute atomic E-state index is 14.0. The van der Waals surface area contributed by atoms with Crippen molar-refractivity contribution in [2.75, 3.05) is 6.61 Å². The van der Waals surface area contributed by atoms with Crippen molar-refractivity contribution in [3.8, 4) is 5.75 Å². The number of para-hydroxylation sites is 1. The van der Waals surface area contributed by atoms with Crippen molar-refractivity contribution < 1.29 is 18.7 Å². The Morgan fingerprint density at radius 1 is 1.45 bits per heavy atom. The van der Waals surface area contributed by atoms with Gasteiger partial charge in [-0.05, 0) is 26.0 Å². The van der Waals surface area contributed by atoms with E-state index in [4.69, 9.17) is 4.74 Å². The number of nitrogens with zero attached hydrogens (tertiary/aromatic N) is 1. The number of β-lactam (4-membered cyclic amide) rings is 1. The molecule has 1 aliphatic rings. The summed E-state index contributed by atoms with van der Waals surface area (Å²) in [6.07, 6.45) is -1.54. The third-order valence-electron chi connectivity index (χ3n) is 3.62. The van der Waals surface area contributed by atoms with Crippen LogP contribution in [0.1, 0.15) is 13.8 Å². The number of ether oxygens (including phenoxy) is 1. The molecule has 6 heteroatoms. The molecule has 2 amide bonds. The minimum absolute atomic E-state index is 0.267. The van der Waals surface area contributed by atoms with Crippen LogP contribution in [0.2, 0.25) is 0 Å². The van der Waals surface area contributed by atoms with Gasteiger partial charge in [-0.15, -0.1) is 0 Å². The van der Waals surface area contributed by atoms with Gasteiger partial charge < -0.3 is 15.0 Å².